The molecule has 0 radical (unpaired) electrons. The number of aliphatic hydroxyl groups is 1. The van der Waals surface area contributed by atoms with Gasteiger partial charge in [-0.25, -0.2) is 8.78 Å². The van der Waals surface area contributed by atoms with Gasteiger partial charge in [0.15, 0.2) is 17.5 Å². The molecule has 6 heteroatoms. The molecule has 3 nitrogen and oxygen atoms in total. The number of hydrogen-bond acceptors (Lipinski definition) is 3. The fraction of sp³-hybridized carbons (Fsp3) is 0.545. The molecule has 0 fully saturated rings. The molecule has 1 heterocycles. The average Bonchev–Trinajstić information content (AvgIpc) is 2.32. The Balaban J connectivity index is 2.79. The van der Waals surface area contributed by atoms with E-state index < -0.39 is 29.0 Å². The van der Waals surface area contributed by atoms with Crippen molar-refractivity contribution in [3.05, 3.63) is 23.6 Å². The van der Waals surface area contributed by atoms with Crippen molar-refractivity contribution in [3.63, 3.8) is 0 Å². The molecule has 0 bridgehead atoms. The van der Waals surface area contributed by atoms with Crippen molar-refractivity contribution in [2.75, 3.05) is 11.9 Å². The van der Waals surface area contributed by atoms with Crippen molar-refractivity contribution in [2.45, 2.75) is 32.3 Å². The van der Waals surface area contributed by atoms with Gasteiger partial charge in [0.25, 0.3) is 5.95 Å². The monoisotopic (exact) mass is 248 g/mol. The van der Waals surface area contributed by atoms with E-state index in [1.165, 1.54) is 0 Å². The van der Waals surface area contributed by atoms with Crippen molar-refractivity contribution >= 4 is 5.82 Å². The summed E-state index contributed by atoms with van der Waals surface area (Å²) in [6, 6.07) is 0.418. The van der Waals surface area contributed by atoms with Crippen molar-refractivity contribution in [3.8, 4) is 0 Å². The van der Waals surface area contributed by atoms with Crippen LogP contribution in [0, 0.1) is 17.6 Å². The van der Waals surface area contributed by atoms with Crippen LogP contribution in [0.25, 0.3) is 0 Å². The second-order valence-electron chi connectivity index (χ2n) is 3.88. The van der Waals surface area contributed by atoms with E-state index in [0.29, 0.717) is 18.9 Å². The van der Waals surface area contributed by atoms with E-state index in [1.807, 2.05) is 0 Å². The van der Waals surface area contributed by atoms with Crippen LogP contribution in [0.5, 0.6) is 0 Å². The molecule has 0 spiro atoms. The molecular formula is C11H15F3N2O. The molecule has 1 aromatic heterocycles. The number of anilines is 1. The lowest BCUT2D eigenvalue weighted by Gasteiger charge is -2.25. The summed E-state index contributed by atoms with van der Waals surface area (Å²) in [5.41, 5.74) is -1.01. The maximum Gasteiger partial charge on any atom is 0.251 e. The highest BCUT2D eigenvalue weighted by Gasteiger charge is 2.23. The van der Waals surface area contributed by atoms with Gasteiger partial charge in [0.2, 0.25) is 0 Å². The van der Waals surface area contributed by atoms with Gasteiger partial charge in [-0.3, -0.25) is 0 Å². The summed E-state index contributed by atoms with van der Waals surface area (Å²) in [5, 5.41) is 12.4. The molecule has 2 N–H and O–H groups in total. The molecule has 96 valence electrons. The van der Waals surface area contributed by atoms with Crippen molar-refractivity contribution < 1.29 is 18.3 Å². The second kappa shape index (κ2) is 5.35. The van der Waals surface area contributed by atoms with Crippen LogP contribution in [-0.2, 0) is 0 Å². The minimum Gasteiger partial charge on any atom is -0.388 e. The third-order valence-electron chi connectivity index (χ3n) is 2.79. The smallest absolute Gasteiger partial charge is 0.251 e. The summed E-state index contributed by atoms with van der Waals surface area (Å²) >= 11 is 0. The molecule has 0 unspecified atom stereocenters. The van der Waals surface area contributed by atoms with E-state index in [9.17, 15) is 18.3 Å². The second-order valence-corrected chi connectivity index (χ2v) is 3.88. The first kappa shape index (κ1) is 13.8. The van der Waals surface area contributed by atoms with Gasteiger partial charge in [-0.05, 0) is 12.8 Å². The van der Waals surface area contributed by atoms with Crippen molar-refractivity contribution in [2.24, 2.45) is 0 Å². The topological polar surface area (TPSA) is 45.1 Å². The predicted molar refractivity (Wildman–Crippen MR) is 58.1 cm³/mol. The molecule has 17 heavy (non-hydrogen) atoms. The minimum absolute atomic E-state index is 0.0228. The van der Waals surface area contributed by atoms with E-state index in [2.05, 4.69) is 10.3 Å². The lowest BCUT2D eigenvalue weighted by molar-refractivity contribution is 0.0455. The Morgan fingerprint density at radius 1 is 1.24 bits per heavy atom. The highest BCUT2D eigenvalue weighted by atomic mass is 19.2. The van der Waals surface area contributed by atoms with Crippen molar-refractivity contribution in [1.29, 1.82) is 0 Å². The first-order valence-corrected chi connectivity index (χ1v) is 5.39. The number of halogens is 3. The fourth-order valence-electron chi connectivity index (χ4n) is 1.32. The van der Waals surface area contributed by atoms with Crippen LogP contribution in [0.3, 0.4) is 0 Å². The zero-order valence-electron chi connectivity index (χ0n) is 9.73. The van der Waals surface area contributed by atoms with Gasteiger partial charge >= 0.3 is 0 Å². The molecule has 0 aliphatic heterocycles. The van der Waals surface area contributed by atoms with Gasteiger partial charge in [0, 0.05) is 12.6 Å². The molecular weight excluding hydrogens is 233 g/mol. The Hall–Kier alpha value is -1.30. The number of nitrogens with one attached hydrogen (secondary N) is 1. The van der Waals surface area contributed by atoms with Gasteiger partial charge in [0.1, 0.15) is 0 Å². The van der Waals surface area contributed by atoms with Gasteiger partial charge in [-0.15, -0.1) is 0 Å². The molecule has 0 saturated carbocycles. The number of rotatable bonds is 5. The van der Waals surface area contributed by atoms with Crippen LogP contribution in [0.1, 0.15) is 26.7 Å². The average molecular weight is 248 g/mol. The summed E-state index contributed by atoms with van der Waals surface area (Å²) in [4.78, 5) is 3.11. The summed E-state index contributed by atoms with van der Waals surface area (Å²) in [5.74, 6) is -4.09. The first-order chi connectivity index (χ1) is 7.91. The maximum atomic E-state index is 13.2. The molecule has 1 rings (SSSR count). The summed E-state index contributed by atoms with van der Waals surface area (Å²) in [6.45, 7) is 3.58. The normalized spacial score (nSPS) is 11.6. The Labute approximate surface area is 97.7 Å². The van der Waals surface area contributed by atoms with Gasteiger partial charge in [-0.2, -0.15) is 9.37 Å². The molecule has 1 aromatic rings. The van der Waals surface area contributed by atoms with Gasteiger partial charge in [-0.1, -0.05) is 13.8 Å². The molecule has 0 aromatic carbocycles. The molecule has 0 aliphatic carbocycles. The SMILES string of the molecule is CCC(O)(CC)CNc1nc(F)c(F)cc1F. The lowest BCUT2D eigenvalue weighted by atomic mass is 9.98. The Kier molecular flexibility index (Phi) is 4.34. The third kappa shape index (κ3) is 3.33. The predicted octanol–water partition coefficient (Wildman–Crippen LogP) is 2.46. The highest BCUT2D eigenvalue weighted by Crippen LogP contribution is 2.18. The van der Waals surface area contributed by atoms with E-state index >= 15 is 0 Å². The summed E-state index contributed by atoms with van der Waals surface area (Å²) in [7, 11) is 0. The molecule has 0 saturated heterocycles. The fourth-order valence-corrected chi connectivity index (χ4v) is 1.32. The Morgan fingerprint density at radius 2 is 1.82 bits per heavy atom. The van der Waals surface area contributed by atoms with E-state index in [0.717, 1.165) is 0 Å². The number of pyridine rings is 1. The van der Waals surface area contributed by atoms with Crippen LogP contribution in [-0.4, -0.2) is 22.2 Å². The molecule has 0 amide bonds. The molecule has 0 aliphatic rings. The van der Waals surface area contributed by atoms with Crippen LogP contribution >= 0.6 is 0 Å². The highest BCUT2D eigenvalue weighted by molar-refractivity contribution is 5.36. The van der Waals surface area contributed by atoms with Gasteiger partial charge < -0.3 is 10.4 Å². The summed E-state index contributed by atoms with van der Waals surface area (Å²) < 4.78 is 38.6. The Morgan fingerprint density at radius 3 is 2.35 bits per heavy atom. The number of hydrogen-bond donors (Lipinski definition) is 2. The van der Waals surface area contributed by atoms with Crippen LogP contribution in [0.4, 0.5) is 19.0 Å². The van der Waals surface area contributed by atoms with Crippen LogP contribution in [0.15, 0.2) is 6.07 Å². The lowest BCUT2D eigenvalue weighted by Crippen LogP contribution is -2.35. The van der Waals surface area contributed by atoms with Crippen LogP contribution < -0.4 is 5.32 Å². The van der Waals surface area contributed by atoms with Crippen molar-refractivity contribution in [1.82, 2.24) is 4.98 Å². The zero-order valence-corrected chi connectivity index (χ0v) is 9.73. The van der Waals surface area contributed by atoms with E-state index in [4.69, 9.17) is 0 Å². The Bertz CT molecular complexity index is 395. The maximum absolute atomic E-state index is 13.2. The minimum atomic E-state index is -1.37. The third-order valence-corrected chi connectivity index (χ3v) is 2.79. The van der Waals surface area contributed by atoms with E-state index in [1.54, 1.807) is 13.8 Å². The summed E-state index contributed by atoms with van der Waals surface area (Å²) in [6.07, 6.45) is 0.920. The number of nitrogens with zero attached hydrogens (tertiary/aromatic N) is 1. The van der Waals surface area contributed by atoms with E-state index in [-0.39, 0.29) is 6.54 Å². The first-order valence-electron chi connectivity index (χ1n) is 5.39. The zero-order chi connectivity index (χ0) is 13.1. The van der Waals surface area contributed by atoms with Gasteiger partial charge in [0.05, 0.1) is 5.60 Å². The van der Waals surface area contributed by atoms with Crippen LogP contribution in [0.2, 0.25) is 0 Å². The number of aromatic nitrogens is 1. The quantitative estimate of drug-likeness (QED) is 0.787. The largest absolute Gasteiger partial charge is 0.388 e. The standard InChI is InChI=1S/C11H15F3N2O/c1-3-11(17,4-2)6-15-10-8(13)5-7(12)9(14)16-10/h5,17H,3-4,6H2,1-2H3,(H,15,16). The molecule has 0 atom stereocenters.